The molecule has 0 radical (unpaired) electrons. The Hall–Kier alpha value is -0.390. The number of benzene rings is 1. The van der Waals surface area contributed by atoms with Gasteiger partial charge in [-0.1, -0.05) is 35.0 Å². The van der Waals surface area contributed by atoms with Crippen molar-refractivity contribution in [2.75, 3.05) is 18.1 Å². The highest BCUT2D eigenvalue weighted by atomic mass is 79.9. The molecule has 100 valence electrons. The van der Waals surface area contributed by atoms with Gasteiger partial charge in [0.05, 0.1) is 11.5 Å². The highest BCUT2D eigenvalue weighted by Gasteiger charge is 2.33. The van der Waals surface area contributed by atoms with Crippen molar-refractivity contribution >= 4 is 25.8 Å². The number of hydrogen-bond acceptors (Lipinski definition) is 3. The summed E-state index contributed by atoms with van der Waals surface area (Å²) in [4.78, 5) is 0. The third kappa shape index (κ3) is 3.33. The summed E-state index contributed by atoms with van der Waals surface area (Å²) in [7, 11) is -2.82. The van der Waals surface area contributed by atoms with Gasteiger partial charge >= 0.3 is 0 Å². The molecule has 1 N–H and O–H groups in total. The normalized spacial score (nSPS) is 24.0. The molecule has 2 atom stereocenters. The fourth-order valence-corrected chi connectivity index (χ4v) is 4.64. The van der Waals surface area contributed by atoms with Gasteiger partial charge in [-0.3, -0.25) is 0 Å². The van der Waals surface area contributed by atoms with Crippen molar-refractivity contribution in [2.45, 2.75) is 19.4 Å². The van der Waals surface area contributed by atoms with E-state index in [1.807, 2.05) is 12.1 Å². The molecule has 1 aromatic carbocycles. The standard InChI is InChI=1S/C13H18BrNO2S/c1-2-15-13(10-3-5-12(14)6-4-10)11-7-8-18(16,17)9-11/h3-6,11,13,15H,2,7-9H2,1H3. The first-order chi connectivity index (χ1) is 8.52. The van der Waals surface area contributed by atoms with Crippen LogP contribution in [0.25, 0.3) is 0 Å². The average Bonchev–Trinajstić information content (AvgIpc) is 2.68. The second-order valence-electron chi connectivity index (χ2n) is 4.75. The molecule has 3 nitrogen and oxygen atoms in total. The molecule has 5 heteroatoms. The molecule has 1 saturated heterocycles. The maximum absolute atomic E-state index is 11.6. The van der Waals surface area contributed by atoms with Crippen LogP contribution in [0, 0.1) is 5.92 Å². The molecule has 0 aromatic heterocycles. The Kier molecular flexibility index (Phi) is 4.45. The van der Waals surface area contributed by atoms with Crippen molar-refractivity contribution in [2.24, 2.45) is 5.92 Å². The van der Waals surface area contributed by atoms with E-state index in [-0.39, 0.29) is 12.0 Å². The molecule has 0 saturated carbocycles. The van der Waals surface area contributed by atoms with Crippen LogP contribution in [0.2, 0.25) is 0 Å². The summed E-state index contributed by atoms with van der Waals surface area (Å²) in [5, 5.41) is 3.42. The van der Waals surface area contributed by atoms with Crippen LogP contribution in [-0.4, -0.2) is 26.5 Å². The summed E-state index contributed by atoms with van der Waals surface area (Å²) in [6.07, 6.45) is 0.760. The summed E-state index contributed by atoms with van der Waals surface area (Å²) in [6.45, 7) is 2.90. The van der Waals surface area contributed by atoms with Crippen LogP contribution in [0.3, 0.4) is 0 Å². The van der Waals surface area contributed by atoms with Gasteiger partial charge in [0, 0.05) is 10.5 Å². The van der Waals surface area contributed by atoms with E-state index in [4.69, 9.17) is 0 Å². The van der Waals surface area contributed by atoms with Crippen LogP contribution < -0.4 is 5.32 Å². The predicted molar refractivity (Wildman–Crippen MR) is 77.3 cm³/mol. The molecule has 2 unspecified atom stereocenters. The topological polar surface area (TPSA) is 46.2 Å². The lowest BCUT2D eigenvalue weighted by Gasteiger charge is -2.24. The van der Waals surface area contributed by atoms with Gasteiger partial charge in [-0.05, 0) is 36.6 Å². The Bertz CT molecular complexity index is 498. The number of sulfone groups is 1. The second kappa shape index (κ2) is 5.72. The third-order valence-electron chi connectivity index (χ3n) is 3.39. The zero-order chi connectivity index (χ0) is 13.2. The van der Waals surface area contributed by atoms with Crippen molar-refractivity contribution < 1.29 is 8.42 Å². The molecule has 2 rings (SSSR count). The monoisotopic (exact) mass is 331 g/mol. The van der Waals surface area contributed by atoms with Crippen molar-refractivity contribution in [3.05, 3.63) is 34.3 Å². The van der Waals surface area contributed by atoms with Gasteiger partial charge in [0.15, 0.2) is 9.84 Å². The van der Waals surface area contributed by atoms with Gasteiger partial charge in [0.2, 0.25) is 0 Å². The summed E-state index contributed by atoms with van der Waals surface area (Å²) in [5.74, 6) is 0.827. The number of hydrogen-bond donors (Lipinski definition) is 1. The Balaban J connectivity index is 2.21. The van der Waals surface area contributed by atoms with Crippen LogP contribution >= 0.6 is 15.9 Å². The predicted octanol–water partition coefficient (Wildman–Crippen LogP) is 2.53. The zero-order valence-electron chi connectivity index (χ0n) is 10.4. The van der Waals surface area contributed by atoms with Crippen LogP contribution in [0.5, 0.6) is 0 Å². The third-order valence-corrected chi connectivity index (χ3v) is 5.71. The van der Waals surface area contributed by atoms with E-state index in [1.165, 1.54) is 5.56 Å². The number of nitrogens with one attached hydrogen (secondary N) is 1. The summed E-state index contributed by atoms with van der Waals surface area (Å²) < 4.78 is 24.2. The number of rotatable bonds is 4. The molecule has 0 spiro atoms. The fraction of sp³-hybridized carbons (Fsp3) is 0.538. The maximum atomic E-state index is 11.6. The van der Waals surface area contributed by atoms with E-state index in [1.54, 1.807) is 0 Å². The molecule has 1 fully saturated rings. The molecule has 1 heterocycles. The molecular formula is C13H18BrNO2S. The van der Waals surface area contributed by atoms with Gasteiger partial charge in [-0.25, -0.2) is 8.42 Å². The van der Waals surface area contributed by atoms with E-state index in [9.17, 15) is 8.42 Å². The van der Waals surface area contributed by atoms with E-state index < -0.39 is 9.84 Å². The fourth-order valence-electron chi connectivity index (χ4n) is 2.53. The van der Waals surface area contributed by atoms with E-state index >= 15 is 0 Å². The Morgan fingerprint density at radius 1 is 1.39 bits per heavy atom. The largest absolute Gasteiger partial charge is 0.310 e. The number of halogens is 1. The summed E-state index contributed by atoms with van der Waals surface area (Å²) >= 11 is 3.42. The lowest BCUT2D eigenvalue weighted by Crippen LogP contribution is -2.29. The van der Waals surface area contributed by atoms with Crippen molar-refractivity contribution in [3.8, 4) is 0 Å². The smallest absolute Gasteiger partial charge is 0.150 e. The average molecular weight is 332 g/mol. The molecule has 1 aliphatic heterocycles. The van der Waals surface area contributed by atoms with E-state index in [2.05, 4.69) is 40.3 Å². The van der Waals surface area contributed by atoms with E-state index in [0.717, 1.165) is 17.4 Å². The minimum absolute atomic E-state index is 0.139. The van der Waals surface area contributed by atoms with Gasteiger partial charge in [-0.15, -0.1) is 0 Å². The van der Waals surface area contributed by atoms with Gasteiger partial charge in [0.1, 0.15) is 0 Å². The first-order valence-electron chi connectivity index (χ1n) is 6.21. The molecular weight excluding hydrogens is 314 g/mol. The first kappa shape index (κ1) is 14.0. The summed E-state index contributed by atoms with van der Waals surface area (Å²) in [5.41, 5.74) is 1.17. The van der Waals surface area contributed by atoms with Gasteiger partial charge in [-0.2, -0.15) is 0 Å². The molecule has 1 aliphatic rings. The Morgan fingerprint density at radius 3 is 2.56 bits per heavy atom. The van der Waals surface area contributed by atoms with Crippen LogP contribution in [0.1, 0.15) is 24.9 Å². The van der Waals surface area contributed by atoms with Crippen molar-refractivity contribution in [1.82, 2.24) is 5.32 Å². The van der Waals surface area contributed by atoms with Gasteiger partial charge in [0.25, 0.3) is 0 Å². The van der Waals surface area contributed by atoms with Crippen molar-refractivity contribution in [3.63, 3.8) is 0 Å². The van der Waals surface area contributed by atoms with Crippen LogP contribution in [0.15, 0.2) is 28.7 Å². The molecule has 0 aliphatic carbocycles. The quantitative estimate of drug-likeness (QED) is 0.922. The molecule has 0 amide bonds. The highest BCUT2D eigenvalue weighted by molar-refractivity contribution is 9.10. The van der Waals surface area contributed by atoms with Gasteiger partial charge < -0.3 is 5.32 Å². The van der Waals surface area contributed by atoms with Crippen molar-refractivity contribution in [1.29, 1.82) is 0 Å². The van der Waals surface area contributed by atoms with Crippen LogP contribution in [0.4, 0.5) is 0 Å². The van der Waals surface area contributed by atoms with E-state index in [0.29, 0.717) is 11.5 Å². The van der Waals surface area contributed by atoms with Crippen LogP contribution in [-0.2, 0) is 9.84 Å². The maximum Gasteiger partial charge on any atom is 0.150 e. The first-order valence-corrected chi connectivity index (χ1v) is 8.82. The molecule has 18 heavy (non-hydrogen) atoms. The summed E-state index contributed by atoms with van der Waals surface area (Å²) in [6, 6.07) is 8.26. The minimum Gasteiger partial charge on any atom is -0.310 e. The second-order valence-corrected chi connectivity index (χ2v) is 7.89. The highest BCUT2D eigenvalue weighted by Crippen LogP contribution is 2.31. The minimum atomic E-state index is -2.82. The SMILES string of the molecule is CCNC(c1ccc(Br)cc1)C1CCS(=O)(=O)C1. The lowest BCUT2D eigenvalue weighted by atomic mass is 9.92. The Morgan fingerprint density at radius 2 is 2.06 bits per heavy atom. The Labute approximate surface area is 117 Å². The lowest BCUT2D eigenvalue weighted by molar-refractivity contribution is 0.400. The molecule has 1 aromatic rings. The zero-order valence-corrected chi connectivity index (χ0v) is 12.8. The molecule has 0 bridgehead atoms.